The van der Waals surface area contributed by atoms with Gasteiger partial charge in [0, 0.05) is 23.9 Å². The summed E-state index contributed by atoms with van der Waals surface area (Å²) in [6, 6.07) is 16.6. The molecule has 174 valence electrons. The van der Waals surface area contributed by atoms with Crippen LogP contribution in [0.1, 0.15) is 17.3 Å². The van der Waals surface area contributed by atoms with Crippen LogP contribution in [0, 0.1) is 0 Å². The molecule has 0 aromatic heterocycles. The van der Waals surface area contributed by atoms with Crippen LogP contribution in [-0.2, 0) is 10.0 Å². The molecular formula is C22H19Cl3N2O5S. The average Bonchev–Trinajstić information content (AvgIpc) is 2.80. The Hall–Kier alpha value is -2.49. The maximum absolute atomic E-state index is 12.8. The van der Waals surface area contributed by atoms with Crippen LogP contribution < -0.4 is 19.0 Å². The zero-order valence-corrected chi connectivity index (χ0v) is 20.3. The normalized spacial score (nSPS) is 12.1. The molecule has 0 saturated heterocycles. The van der Waals surface area contributed by atoms with E-state index in [9.17, 15) is 13.2 Å². The fourth-order valence-electron chi connectivity index (χ4n) is 2.79. The fourth-order valence-corrected chi connectivity index (χ4v) is 4.45. The zero-order chi connectivity index (χ0) is 24.0. The number of sulfonamides is 1. The molecule has 0 saturated carbocycles. The molecule has 0 bridgehead atoms. The Kier molecular flexibility index (Phi) is 8.45. The molecule has 0 heterocycles. The van der Waals surface area contributed by atoms with Gasteiger partial charge in [0.25, 0.3) is 5.91 Å². The van der Waals surface area contributed by atoms with Crippen LogP contribution in [0.25, 0.3) is 0 Å². The predicted molar refractivity (Wildman–Crippen MR) is 128 cm³/mol. The number of halogens is 3. The van der Waals surface area contributed by atoms with Gasteiger partial charge >= 0.3 is 0 Å². The molecule has 1 atom stereocenters. The minimum atomic E-state index is -3.88. The van der Waals surface area contributed by atoms with Crippen molar-refractivity contribution in [2.75, 3.05) is 6.61 Å². The fraction of sp³-hybridized carbons (Fsp3) is 0.136. The quantitative estimate of drug-likeness (QED) is 0.361. The van der Waals surface area contributed by atoms with Gasteiger partial charge in [-0.15, -0.1) is 0 Å². The van der Waals surface area contributed by atoms with Crippen molar-refractivity contribution in [3.63, 3.8) is 0 Å². The topological polar surface area (TPSA) is 93.7 Å². The predicted octanol–water partition coefficient (Wildman–Crippen LogP) is 5.42. The summed E-state index contributed by atoms with van der Waals surface area (Å²) in [5, 5.41) is 0.699. The molecule has 7 nitrogen and oxygen atoms in total. The van der Waals surface area contributed by atoms with E-state index in [2.05, 4.69) is 4.72 Å². The first kappa shape index (κ1) is 25.1. The lowest BCUT2D eigenvalue weighted by Gasteiger charge is -2.17. The Morgan fingerprint density at radius 2 is 1.70 bits per heavy atom. The van der Waals surface area contributed by atoms with E-state index in [0.717, 1.165) is 0 Å². The van der Waals surface area contributed by atoms with Gasteiger partial charge in [-0.2, -0.15) is 0 Å². The summed E-state index contributed by atoms with van der Waals surface area (Å²) in [4.78, 5) is 13.9. The van der Waals surface area contributed by atoms with E-state index in [4.69, 9.17) is 44.5 Å². The monoisotopic (exact) mass is 528 g/mol. The second-order valence-corrected chi connectivity index (χ2v) is 9.62. The Labute approximate surface area is 206 Å². The lowest BCUT2D eigenvalue weighted by molar-refractivity contribution is 0.0977. The first-order chi connectivity index (χ1) is 15.7. The van der Waals surface area contributed by atoms with Gasteiger partial charge in [0.05, 0.1) is 26.5 Å². The molecule has 33 heavy (non-hydrogen) atoms. The van der Waals surface area contributed by atoms with Gasteiger partial charge in [0.1, 0.15) is 23.9 Å². The minimum Gasteiger partial charge on any atom is -0.491 e. The number of hydrogen-bond acceptors (Lipinski definition) is 5. The van der Waals surface area contributed by atoms with Crippen molar-refractivity contribution in [1.82, 2.24) is 9.56 Å². The van der Waals surface area contributed by atoms with Gasteiger partial charge in [-0.3, -0.25) is 9.63 Å². The van der Waals surface area contributed by atoms with E-state index in [-0.39, 0.29) is 22.8 Å². The molecule has 3 aromatic rings. The van der Waals surface area contributed by atoms with Crippen LogP contribution in [0.15, 0.2) is 71.6 Å². The highest BCUT2D eigenvalue weighted by Crippen LogP contribution is 2.30. The molecule has 0 fully saturated rings. The van der Waals surface area contributed by atoms with Crippen molar-refractivity contribution in [2.24, 2.45) is 0 Å². The van der Waals surface area contributed by atoms with Crippen LogP contribution >= 0.6 is 35.0 Å². The maximum atomic E-state index is 12.8. The van der Waals surface area contributed by atoms with Crippen molar-refractivity contribution < 1.29 is 22.7 Å². The number of para-hydroxylation sites is 1. The maximum Gasteiger partial charge on any atom is 0.269 e. The summed E-state index contributed by atoms with van der Waals surface area (Å²) in [5.41, 5.74) is 0.231. The third-order valence-corrected chi connectivity index (χ3v) is 6.80. The largest absolute Gasteiger partial charge is 0.491 e. The van der Waals surface area contributed by atoms with E-state index in [1.165, 1.54) is 18.2 Å². The third-order valence-electron chi connectivity index (χ3n) is 4.31. The third kappa shape index (κ3) is 6.75. The average molecular weight is 530 g/mol. The summed E-state index contributed by atoms with van der Waals surface area (Å²) in [7, 11) is -3.88. The van der Waals surface area contributed by atoms with Crippen molar-refractivity contribution in [1.29, 1.82) is 0 Å². The van der Waals surface area contributed by atoms with Gasteiger partial charge in [0.15, 0.2) is 0 Å². The molecule has 1 amide bonds. The van der Waals surface area contributed by atoms with Crippen molar-refractivity contribution >= 4 is 50.9 Å². The van der Waals surface area contributed by atoms with Crippen LogP contribution in [0.5, 0.6) is 17.2 Å². The van der Waals surface area contributed by atoms with Gasteiger partial charge in [-0.25, -0.2) is 13.1 Å². The number of carbonyl (C=O) groups is 1. The molecule has 3 aromatic carbocycles. The first-order valence-electron chi connectivity index (χ1n) is 9.57. The molecule has 2 N–H and O–H groups in total. The van der Waals surface area contributed by atoms with Gasteiger partial charge in [-0.1, -0.05) is 41.4 Å². The molecule has 0 aliphatic rings. The van der Waals surface area contributed by atoms with E-state index >= 15 is 0 Å². The number of benzene rings is 3. The summed E-state index contributed by atoms with van der Waals surface area (Å²) in [6.45, 7) is 1.61. The standard InChI is InChI=1S/C22H19Cl3N2O5S/c1-14(13-31-21-8-3-2-7-18(21)22(28)26-25)27-33(29,30)17-6-4-5-15(11-17)32-16-9-10-19(23)20(24)12-16/h2-12,14,27H,13H2,1H3,(H,26,28)/t14-/m0/s1. The lowest BCUT2D eigenvalue weighted by atomic mass is 10.2. The van der Waals surface area contributed by atoms with Gasteiger partial charge in [0.2, 0.25) is 10.0 Å². The van der Waals surface area contributed by atoms with E-state index in [0.29, 0.717) is 21.5 Å². The van der Waals surface area contributed by atoms with E-state index in [1.54, 1.807) is 55.5 Å². The number of amides is 1. The number of rotatable bonds is 9. The Morgan fingerprint density at radius 1 is 0.970 bits per heavy atom. The zero-order valence-electron chi connectivity index (χ0n) is 17.2. The molecule has 0 spiro atoms. The second kappa shape index (κ2) is 11.1. The summed E-state index contributed by atoms with van der Waals surface area (Å²) in [5.74, 6) is 0.465. The lowest BCUT2D eigenvalue weighted by Crippen LogP contribution is -2.36. The molecule has 0 aliphatic heterocycles. The highest BCUT2D eigenvalue weighted by atomic mass is 35.5. The van der Waals surface area contributed by atoms with E-state index in [1.807, 2.05) is 4.84 Å². The smallest absolute Gasteiger partial charge is 0.269 e. The highest BCUT2D eigenvalue weighted by Gasteiger charge is 2.20. The summed E-state index contributed by atoms with van der Waals surface area (Å²) < 4.78 is 39.5. The minimum absolute atomic E-state index is 0.00817. The van der Waals surface area contributed by atoms with Crippen LogP contribution in [0.4, 0.5) is 0 Å². The molecule has 11 heteroatoms. The number of hydrogen-bond donors (Lipinski definition) is 2. The number of carbonyl (C=O) groups excluding carboxylic acids is 1. The first-order valence-corrected chi connectivity index (χ1v) is 12.2. The Morgan fingerprint density at radius 3 is 2.42 bits per heavy atom. The molecule has 0 radical (unpaired) electrons. The van der Waals surface area contributed by atoms with Gasteiger partial charge < -0.3 is 9.47 Å². The van der Waals surface area contributed by atoms with Crippen LogP contribution in [0.3, 0.4) is 0 Å². The molecule has 0 unspecified atom stereocenters. The Bertz CT molecular complexity index is 1250. The summed E-state index contributed by atoms with van der Waals surface area (Å²) in [6.07, 6.45) is 0. The SMILES string of the molecule is C[C@@H](COc1ccccc1C(=O)NCl)NS(=O)(=O)c1cccc(Oc2ccc(Cl)c(Cl)c2)c1. The molecule has 0 aliphatic carbocycles. The van der Waals surface area contributed by atoms with Gasteiger partial charge in [-0.05, 0) is 43.3 Å². The van der Waals surface area contributed by atoms with Crippen molar-refractivity contribution in [3.8, 4) is 17.2 Å². The summed E-state index contributed by atoms with van der Waals surface area (Å²) >= 11 is 17.3. The van der Waals surface area contributed by atoms with Crippen LogP contribution in [0.2, 0.25) is 10.0 Å². The number of ether oxygens (including phenoxy) is 2. The Balaban J connectivity index is 1.67. The van der Waals surface area contributed by atoms with Crippen molar-refractivity contribution in [3.05, 3.63) is 82.3 Å². The van der Waals surface area contributed by atoms with Crippen molar-refractivity contribution in [2.45, 2.75) is 17.9 Å². The molecular weight excluding hydrogens is 511 g/mol. The highest BCUT2D eigenvalue weighted by molar-refractivity contribution is 7.89. The number of nitrogens with one attached hydrogen (secondary N) is 2. The van der Waals surface area contributed by atoms with E-state index < -0.39 is 22.0 Å². The van der Waals surface area contributed by atoms with Crippen LogP contribution in [-0.4, -0.2) is 27.0 Å². The second-order valence-electron chi connectivity index (χ2n) is 6.91. The molecule has 3 rings (SSSR count).